The van der Waals surface area contributed by atoms with Gasteiger partial charge in [0.25, 0.3) is 0 Å². The molecule has 0 amide bonds. The molecular formula is C17H33N. The molecule has 0 heterocycles. The molecule has 0 aromatic carbocycles. The quantitative estimate of drug-likeness (QED) is 0.687. The fourth-order valence-corrected chi connectivity index (χ4v) is 4.07. The molecule has 0 radical (unpaired) electrons. The lowest BCUT2D eigenvalue weighted by molar-refractivity contribution is 0.0600. The molecule has 2 aliphatic carbocycles. The Hall–Kier alpha value is -0.0400. The smallest absolute Gasteiger partial charge is 0.00178 e. The maximum absolute atomic E-state index is 3.68. The van der Waals surface area contributed by atoms with Gasteiger partial charge in [0, 0.05) is 0 Å². The highest BCUT2D eigenvalue weighted by Gasteiger charge is 2.38. The van der Waals surface area contributed by atoms with Crippen molar-refractivity contribution < 1.29 is 0 Å². The lowest BCUT2D eigenvalue weighted by atomic mass is 9.61. The molecule has 0 aromatic rings. The predicted molar refractivity (Wildman–Crippen MR) is 79.7 cm³/mol. The fourth-order valence-electron chi connectivity index (χ4n) is 4.07. The van der Waals surface area contributed by atoms with Crippen LogP contribution < -0.4 is 5.32 Å². The Morgan fingerprint density at radius 1 is 1.11 bits per heavy atom. The van der Waals surface area contributed by atoms with E-state index in [4.69, 9.17) is 0 Å². The summed E-state index contributed by atoms with van der Waals surface area (Å²) in [6.45, 7) is 9.63. The highest BCUT2D eigenvalue weighted by Crippen LogP contribution is 2.47. The van der Waals surface area contributed by atoms with E-state index in [1.807, 2.05) is 0 Å². The third-order valence-electron chi connectivity index (χ3n) is 5.62. The van der Waals surface area contributed by atoms with Crippen LogP contribution in [-0.2, 0) is 0 Å². The van der Waals surface area contributed by atoms with E-state index in [2.05, 4.69) is 26.1 Å². The predicted octanol–water partition coefficient (Wildman–Crippen LogP) is 4.47. The van der Waals surface area contributed by atoms with Crippen LogP contribution in [0.25, 0.3) is 0 Å². The van der Waals surface area contributed by atoms with Crippen molar-refractivity contribution >= 4 is 0 Å². The lowest BCUT2D eigenvalue weighted by Gasteiger charge is -2.45. The van der Waals surface area contributed by atoms with Crippen LogP contribution in [0.3, 0.4) is 0 Å². The molecule has 3 unspecified atom stereocenters. The maximum atomic E-state index is 3.68. The number of nitrogens with one attached hydrogen (secondary N) is 1. The Morgan fingerprint density at radius 2 is 1.89 bits per heavy atom. The first-order chi connectivity index (χ1) is 8.72. The van der Waals surface area contributed by atoms with Gasteiger partial charge >= 0.3 is 0 Å². The molecule has 0 bridgehead atoms. The third kappa shape index (κ3) is 3.50. The molecule has 0 aromatic heterocycles. The summed E-state index contributed by atoms with van der Waals surface area (Å²) in [4.78, 5) is 0. The van der Waals surface area contributed by atoms with Gasteiger partial charge in [0.2, 0.25) is 0 Å². The maximum Gasteiger partial charge on any atom is -0.00178 e. The molecule has 1 heteroatoms. The number of hydrogen-bond donors (Lipinski definition) is 1. The number of rotatable bonds is 6. The molecule has 2 rings (SSSR count). The first-order valence-corrected chi connectivity index (χ1v) is 8.43. The van der Waals surface area contributed by atoms with Gasteiger partial charge in [-0.3, -0.25) is 0 Å². The van der Waals surface area contributed by atoms with Gasteiger partial charge in [0.15, 0.2) is 0 Å². The SMILES string of the molecule is CCCNCC1CCC(C(C)C)CC1C1CCC1. The summed E-state index contributed by atoms with van der Waals surface area (Å²) >= 11 is 0. The molecule has 1 N–H and O–H groups in total. The van der Waals surface area contributed by atoms with Crippen LogP contribution in [0.2, 0.25) is 0 Å². The molecular weight excluding hydrogens is 218 g/mol. The largest absolute Gasteiger partial charge is 0.316 e. The van der Waals surface area contributed by atoms with Crippen LogP contribution >= 0.6 is 0 Å². The Kier molecular flexibility index (Phi) is 5.54. The summed E-state index contributed by atoms with van der Waals surface area (Å²) < 4.78 is 0. The monoisotopic (exact) mass is 251 g/mol. The van der Waals surface area contributed by atoms with E-state index in [1.165, 1.54) is 58.0 Å². The highest BCUT2D eigenvalue weighted by atomic mass is 14.9. The van der Waals surface area contributed by atoms with E-state index < -0.39 is 0 Å². The van der Waals surface area contributed by atoms with Crippen molar-refractivity contribution in [1.82, 2.24) is 5.32 Å². The van der Waals surface area contributed by atoms with E-state index >= 15 is 0 Å². The molecule has 18 heavy (non-hydrogen) atoms. The second-order valence-electron chi connectivity index (χ2n) is 7.14. The van der Waals surface area contributed by atoms with E-state index in [1.54, 1.807) is 0 Å². The summed E-state index contributed by atoms with van der Waals surface area (Å²) in [5.74, 6) is 5.02. The van der Waals surface area contributed by atoms with Crippen molar-refractivity contribution in [2.24, 2.45) is 29.6 Å². The summed E-state index contributed by atoms with van der Waals surface area (Å²) in [5.41, 5.74) is 0. The Labute approximate surface area is 114 Å². The molecule has 2 saturated carbocycles. The van der Waals surface area contributed by atoms with Crippen molar-refractivity contribution in [2.45, 2.75) is 65.7 Å². The van der Waals surface area contributed by atoms with Crippen LogP contribution in [0.5, 0.6) is 0 Å². The normalized spacial score (nSPS) is 33.7. The molecule has 2 aliphatic rings. The Morgan fingerprint density at radius 3 is 2.44 bits per heavy atom. The van der Waals surface area contributed by atoms with Gasteiger partial charge in [-0.1, -0.05) is 40.0 Å². The van der Waals surface area contributed by atoms with Gasteiger partial charge in [-0.2, -0.15) is 0 Å². The third-order valence-corrected chi connectivity index (χ3v) is 5.62. The fraction of sp³-hybridized carbons (Fsp3) is 1.00. The molecule has 1 nitrogen and oxygen atoms in total. The molecule has 3 atom stereocenters. The van der Waals surface area contributed by atoms with Gasteiger partial charge < -0.3 is 5.32 Å². The minimum absolute atomic E-state index is 0.900. The topological polar surface area (TPSA) is 12.0 Å². The first-order valence-electron chi connectivity index (χ1n) is 8.43. The average molecular weight is 251 g/mol. The Balaban J connectivity index is 1.87. The lowest BCUT2D eigenvalue weighted by Crippen LogP contribution is -2.40. The van der Waals surface area contributed by atoms with E-state index in [0.717, 1.165) is 29.6 Å². The zero-order valence-corrected chi connectivity index (χ0v) is 12.8. The van der Waals surface area contributed by atoms with E-state index in [-0.39, 0.29) is 0 Å². The standard InChI is InChI=1S/C17H33N/c1-4-10-18-12-16-9-8-15(13(2)3)11-17(16)14-6-5-7-14/h13-18H,4-12H2,1-3H3. The first kappa shape index (κ1) is 14.4. The summed E-state index contributed by atoms with van der Waals surface area (Å²) in [7, 11) is 0. The average Bonchev–Trinajstić information content (AvgIpc) is 2.28. The van der Waals surface area contributed by atoms with Crippen molar-refractivity contribution in [3.63, 3.8) is 0 Å². The second kappa shape index (κ2) is 6.93. The van der Waals surface area contributed by atoms with Crippen LogP contribution in [0, 0.1) is 29.6 Å². The minimum Gasteiger partial charge on any atom is -0.316 e. The van der Waals surface area contributed by atoms with Crippen molar-refractivity contribution in [1.29, 1.82) is 0 Å². The van der Waals surface area contributed by atoms with Gasteiger partial charge in [-0.05, 0) is 68.4 Å². The van der Waals surface area contributed by atoms with Crippen molar-refractivity contribution in [3.05, 3.63) is 0 Å². The molecule has 2 fully saturated rings. The highest BCUT2D eigenvalue weighted by molar-refractivity contribution is 4.89. The summed E-state index contributed by atoms with van der Waals surface area (Å²) in [6.07, 6.45) is 10.3. The minimum atomic E-state index is 0.900. The number of hydrogen-bond acceptors (Lipinski definition) is 1. The van der Waals surface area contributed by atoms with Gasteiger partial charge in [-0.25, -0.2) is 0 Å². The van der Waals surface area contributed by atoms with Crippen LogP contribution in [-0.4, -0.2) is 13.1 Å². The summed E-state index contributed by atoms with van der Waals surface area (Å²) in [6, 6.07) is 0. The van der Waals surface area contributed by atoms with Crippen LogP contribution in [0.15, 0.2) is 0 Å². The molecule has 0 saturated heterocycles. The van der Waals surface area contributed by atoms with Gasteiger partial charge in [0.1, 0.15) is 0 Å². The zero-order chi connectivity index (χ0) is 13.0. The van der Waals surface area contributed by atoms with Gasteiger partial charge in [0.05, 0.1) is 0 Å². The van der Waals surface area contributed by atoms with Crippen LogP contribution in [0.1, 0.15) is 65.7 Å². The molecule has 106 valence electrons. The van der Waals surface area contributed by atoms with Crippen molar-refractivity contribution in [3.8, 4) is 0 Å². The van der Waals surface area contributed by atoms with Crippen LogP contribution in [0.4, 0.5) is 0 Å². The van der Waals surface area contributed by atoms with Gasteiger partial charge in [-0.15, -0.1) is 0 Å². The molecule has 0 spiro atoms. The van der Waals surface area contributed by atoms with E-state index in [0.29, 0.717) is 0 Å². The molecule has 0 aliphatic heterocycles. The summed E-state index contributed by atoms with van der Waals surface area (Å²) in [5, 5.41) is 3.68. The van der Waals surface area contributed by atoms with Crippen molar-refractivity contribution in [2.75, 3.05) is 13.1 Å². The van der Waals surface area contributed by atoms with E-state index in [9.17, 15) is 0 Å². The zero-order valence-electron chi connectivity index (χ0n) is 12.8. The Bertz CT molecular complexity index is 232. The second-order valence-corrected chi connectivity index (χ2v) is 7.14.